The lowest BCUT2D eigenvalue weighted by Gasteiger charge is -2.10. The van der Waals surface area contributed by atoms with Crippen molar-refractivity contribution in [1.82, 2.24) is 0 Å². The summed E-state index contributed by atoms with van der Waals surface area (Å²) in [5.74, 6) is -0.0938. The van der Waals surface area contributed by atoms with Crippen molar-refractivity contribution in [1.29, 1.82) is 0 Å². The highest BCUT2D eigenvalue weighted by Gasteiger charge is 2.09. The molecule has 0 unspecified atom stereocenters. The third-order valence-electron chi connectivity index (χ3n) is 2.93. The first-order valence-electron chi connectivity index (χ1n) is 6.51. The summed E-state index contributed by atoms with van der Waals surface area (Å²) >= 11 is 3.39. The maximum atomic E-state index is 12.3. The van der Waals surface area contributed by atoms with Crippen LogP contribution in [0.15, 0.2) is 46.9 Å². The first-order chi connectivity index (χ1) is 9.60. The van der Waals surface area contributed by atoms with E-state index in [1.165, 1.54) is 0 Å². The molecule has 20 heavy (non-hydrogen) atoms. The Hall–Kier alpha value is -1.81. The third-order valence-corrected chi connectivity index (χ3v) is 3.43. The maximum absolute atomic E-state index is 12.3. The SMILES string of the molecule is CCNc1ccc(C(=O)Nc2cccc(Br)c2)c(C)c1. The van der Waals surface area contributed by atoms with Gasteiger partial charge in [0.05, 0.1) is 0 Å². The minimum absolute atomic E-state index is 0.0938. The molecule has 1 amide bonds. The van der Waals surface area contributed by atoms with Gasteiger partial charge in [0.2, 0.25) is 0 Å². The zero-order valence-corrected chi connectivity index (χ0v) is 13.1. The van der Waals surface area contributed by atoms with Crippen molar-refractivity contribution in [2.24, 2.45) is 0 Å². The molecule has 0 saturated heterocycles. The Morgan fingerprint density at radius 1 is 1.15 bits per heavy atom. The number of hydrogen-bond acceptors (Lipinski definition) is 2. The van der Waals surface area contributed by atoms with Gasteiger partial charge in [0.25, 0.3) is 5.91 Å². The molecular formula is C16H17BrN2O. The molecule has 4 heteroatoms. The van der Waals surface area contributed by atoms with Gasteiger partial charge in [0, 0.05) is 28.0 Å². The van der Waals surface area contributed by atoms with Crippen molar-refractivity contribution >= 4 is 33.2 Å². The van der Waals surface area contributed by atoms with Gasteiger partial charge in [-0.15, -0.1) is 0 Å². The number of amides is 1. The smallest absolute Gasteiger partial charge is 0.255 e. The van der Waals surface area contributed by atoms with E-state index in [1.54, 1.807) is 0 Å². The summed E-state index contributed by atoms with van der Waals surface area (Å²) in [4.78, 5) is 12.3. The highest BCUT2D eigenvalue weighted by Crippen LogP contribution is 2.19. The minimum atomic E-state index is -0.0938. The van der Waals surface area contributed by atoms with E-state index in [1.807, 2.05) is 56.3 Å². The van der Waals surface area contributed by atoms with E-state index in [0.29, 0.717) is 5.56 Å². The van der Waals surface area contributed by atoms with E-state index >= 15 is 0 Å². The van der Waals surface area contributed by atoms with Crippen LogP contribution in [0.4, 0.5) is 11.4 Å². The van der Waals surface area contributed by atoms with Crippen LogP contribution in [0.3, 0.4) is 0 Å². The third kappa shape index (κ3) is 3.61. The Bertz CT molecular complexity index is 626. The second kappa shape index (κ2) is 6.57. The Morgan fingerprint density at radius 3 is 2.60 bits per heavy atom. The summed E-state index contributed by atoms with van der Waals surface area (Å²) < 4.78 is 0.939. The molecule has 0 radical (unpaired) electrons. The van der Waals surface area contributed by atoms with Gasteiger partial charge in [-0.2, -0.15) is 0 Å². The molecule has 2 N–H and O–H groups in total. The largest absolute Gasteiger partial charge is 0.385 e. The number of anilines is 2. The van der Waals surface area contributed by atoms with Gasteiger partial charge in [-0.3, -0.25) is 4.79 Å². The highest BCUT2D eigenvalue weighted by atomic mass is 79.9. The van der Waals surface area contributed by atoms with Gasteiger partial charge < -0.3 is 10.6 Å². The molecule has 0 fully saturated rings. The molecule has 2 aromatic rings. The van der Waals surface area contributed by atoms with Crippen LogP contribution >= 0.6 is 15.9 Å². The summed E-state index contributed by atoms with van der Waals surface area (Å²) in [6.45, 7) is 4.85. The standard InChI is InChI=1S/C16H17BrN2O/c1-3-18-13-7-8-15(11(2)9-13)16(20)19-14-6-4-5-12(17)10-14/h4-10,18H,3H2,1-2H3,(H,19,20). The topological polar surface area (TPSA) is 41.1 Å². The molecule has 104 valence electrons. The van der Waals surface area contributed by atoms with Crippen LogP contribution in [-0.2, 0) is 0 Å². The summed E-state index contributed by atoms with van der Waals surface area (Å²) in [7, 11) is 0. The van der Waals surface area contributed by atoms with Crippen molar-refractivity contribution in [3.8, 4) is 0 Å². The molecule has 0 heterocycles. The number of benzene rings is 2. The van der Waals surface area contributed by atoms with Crippen LogP contribution in [0.2, 0.25) is 0 Å². The summed E-state index contributed by atoms with van der Waals surface area (Å²) in [5, 5.41) is 6.14. The van der Waals surface area contributed by atoms with Crippen molar-refractivity contribution in [2.45, 2.75) is 13.8 Å². The molecule has 0 bridgehead atoms. The number of halogens is 1. The average molecular weight is 333 g/mol. The van der Waals surface area contributed by atoms with Crippen LogP contribution in [0.25, 0.3) is 0 Å². The fourth-order valence-corrected chi connectivity index (χ4v) is 2.40. The molecule has 2 aromatic carbocycles. The second-order valence-corrected chi connectivity index (χ2v) is 5.44. The van der Waals surface area contributed by atoms with E-state index < -0.39 is 0 Å². The lowest BCUT2D eigenvalue weighted by atomic mass is 10.1. The van der Waals surface area contributed by atoms with Crippen molar-refractivity contribution in [2.75, 3.05) is 17.2 Å². The Morgan fingerprint density at radius 2 is 1.95 bits per heavy atom. The number of rotatable bonds is 4. The molecule has 0 saturated carbocycles. The molecular weight excluding hydrogens is 316 g/mol. The lowest BCUT2D eigenvalue weighted by Crippen LogP contribution is -2.13. The zero-order valence-electron chi connectivity index (χ0n) is 11.5. The molecule has 0 aliphatic carbocycles. The van der Waals surface area contributed by atoms with Gasteiger partial charge >= 0.3 is 0 Å². The first kappa shape index (κ1) is 14.6. The monoisotopic (exact) mass is 332 g/mol. The van der Waals surface area contributed by atoms with E-state index in [-0.39, 0.29) is 5.91 Å². The van der Waals surface area contributed by atoms with Crippen molar-refractivity contribution < 1.29 is 4.79 Å². The predicted octanol–water partition coefficient (Wildman–Crippen LogP) is 4.44. The normalized spacial score (nSPS) is 10.2. The summed E-state index contributed by atoms with van der Waals surface area (Å²) in [6.07, 6.45) is 0. The van der Waals surface area contributed by atoms with E-state index in [9.17, 15) is 4.79 Å². The number of aryl methyl sites for hydroxylation is 1. The van der Waals surface area contributed by atoms with Gasteiger partial charge in [-0.25, -0.2) is 0 Å². The first-order valence-corrected chi connectivity index (χ1v) is 7.31. The molecule has 0 aliphatic heterocycles. The number of nitrogens with one attached hydrogen (secondary N) is 2. The molecule has 3 nitrogen and oxygen atoms in total. The number of carbonyl (C=O) groups is 1. The van der Waals surface area contributed by atoms with Crippen molar-refractivity contribution in [3.63, 3.8) is 0 Å². The highest BCUT2D eigenvalue weighted by molar-refractivity contribution is 9.10. The van der Waals surface area contributed by atoms with Gasteiger partial charge in [0.15, 0.2) is 0 Å². The predicted molar refractivity (Wildman–Crippen MR) is 87.4 cm³/mol. The Kier molecular flexibility index (Phi) is 4.79. The second-order valence-electron chi connectivity index (χ2n) is 4.52. The zero-order chi connectivity index (χ0) is 14.5. The van der Waals surface area contributed by atoms with E-state index in [2.05, 4.69) is 26.6 Å². The molecule has 2 rings (SSSR count). The summed E-state index contributed by atoms with van der Waals surface area (Å²) in [5.41, 5.74) is 3.45. The van der Waals surface area contributed by atoms with Gasteiger partial charge in [-0.1, -0.05) is 22.0 Å². The van der Waals surface area contributed by atoms with Crippen LogP contribution in [-0.4, -0.2) is 12.5 Å². The van der Waals surface area contributed by atoms with E-state index in [0.717, 1.165) is 28.0 Å². The van der Waals surface area contributed by atoms with Crippen LogP contribution in [0.5, 0.6) is 0 Å². The number of carbonyl (C=O) groups excluding carboxylic acids is 1. The quantitative estimate of drug-likeness (QED) is 0.868. The fourth-order valence-electron chi connectivity index (χ4n) is 2.00. The number of hydrogen-bond donors (Lipinski definition) is 2. The van der Waals surface area contributed by atoms with Crippen molar-refractivity contribution in [3.05, 3.63) is 58.1 Å². The molecule has 0 aliphatic rings. The van der Waals surface area contributed by atoms with Gasteiger partial charge in [-0.05, 0) is 55.8 Å². The maximum Gasteiger partial charge on any atom is 0.255 e. The lowest BCUT2D eigenvalue weighted by molar-refractivity contribution is 0.102. The Labute approximate surface area is 127 Å². The molecule has 0 spiro atoms. The van der Waals surface area contributed by atoms with E-state index in [4.69, 9.17) is 0 Å². The Balaban J connectivity index is 2.17. The van der Waals surface area contributed by atoms with Crippen LogP contribution in [0, 0.1) is 6.92 Å². The minimum Gasteiger partial charge on any atom is -0.385 e. The average Bonchev–Trinajstić information content (AvgIpc) is 2.39. The fraction of sp³-hybridized carbons (Fsp3) is 0.188. The van der Waals surface area contributed by atoms with Crippen LogP contribution in [0.1, 0.15) is 22.8 Å². The summed E-state index contributed by atoms with van der Waals surface area (Å²) in [6, 6.07) is 13.3. The van der Waals surface area contributed by atoms with Gasteiger partial charge in [0.1, 0.15) is 0 Å². The molecule has 0 atom stereocenters. The van der Waals surface area contributed by atoms with Crippen LogP contribution < -0.4 is 10.6 Å². The molecule has 0 aromatic heterocycles.